The van der Waals surface area contributed by atoms with Crippen molar-refractivity contribution in [2.45, 2.75) is 45.6 Å². The summed E-state index contributed by atoms with van der Waals surface area (Å²) in [5.41, 5.74) is -0.777. The zero-order chi connectivity index (χ0) is 12.9. The first-order valence-electron chi connectivity index (χ1n) is 6.14. The Balaban J connectivity index is 2.55. The van der Waals surface area contributed by atoms with Crippen molar-refractivity contribution in [2.75, 3.05) is 6.54 Å². The second kappa shape index (κ2) is 6.17. The molecule has 0 spiro atoms. The van der Waals surface area contributed by atoms with Crippen molar-refractivity contribution < 1.29 is 9.90 Å². The molecule has 0 aliphatic rings. The van der Waals surface area contributed by atoms with Crippen LogP contribution in [-0.4, -0.2) is 23.2 Å². The molecule has 17 heavy (non-hydrogen) atoms. The van der Waals surface area contributed by atoms with Gasteiger partial charge in [-0.1, -0.05) is 20.8 Å². The second-order valence-corrected chi connectivity index (χ2v) is 5.40. The fraction of sp³-hybridized carbons (Fsp3) is 0.615. The predicted octanol–water partition coefficient (Wildman–Crippen LogP) is 2.59. The van der Waals surface area contributed by atoms with E-state index >= 15 is 0 Å². The minimum Gasteiger partial charge on any atom is -0.388 e. The number of amides is 1. The van der Waals surface area contributed by atoms with Gasteiger partial charge < -0.3 is 10.4 Å². The maximum atomic E-state index is 11.8. The second-order valence-electron chi connectivity index (χ2n) is 4.23. The van der Waals surface area contributed by atoms with E-state index in [9.17, 15) is 9.90 Å². The molecule has 2 N–H and O–H groups in total. The Hall–Kier alpha value is -0.870. The van der Waals surface area contributed by atoms with Gasteiger partial charge in [-0.05, 0) is 31.4 Å². The zero-order valence-electron chi connectivity index (χ0n) is 10.7. The Kier molecular flexibility index (Phi) is 5.15. The number of rotatable bonds is 6. The minimum atomic E-state index is -0.777. The van der Waals surface area contributed by atoms with Crippen molar-refractivity contribution in [3.05, 3.63) is 21.9 Å². The van der Waals surface area contributed by atoms with Crippen molar-refractivity contribution in [1.82, 2.24) is 5.32 Å². The number of carbonyl (C=O) groups excluding carboxylic acids is 1. The molecule has 0 aromatic carbocycles. The van der Waals surface area contributed by atoms with Gasteiger partial charge in [0, 0.05) is 11.4 Å². The number of hydrogen-bond acceptors (Lipinski definition) is 3. The summed E-state index contributed by atoms with van der Waals surface area (Å²) in [4.78, 5) is 13.8. The zero-order valence-corrected chi connectivity index (χ0v) is 11.6. The summed E-state index contributed by atoms with van der Waals surface area (Å²) in [5.74, 6) is -0.0879. The molecule has 4 heteroatoms. The van der Waals surface area contributed by atoms with E-state index in [1.54, 1.807) is 0 Å². The number of carbonyl (C=O) groups is 1. The molecule has 0 fully saturated rings. The summed E-state index contributed by atoms with van der Waals surface area (Å²) in [6.45, 7) is 6.24. The third kappa shape index (κ3) is 3.82. The monoisotopic (exact) mass is 255 g/mol. The van der Waals surface area contributed by atoms with Crippen LogP contribution < -0.4 is 5.32 Å². The fourth-order valence-corrected chi connectivity index (χ4v) is 2.39. The molecule has 3 nitrogen and oxygen atoms in total. The molecule has 0 bridgehead atoms. The molecule has 1 heterocycles. The van der Waals surface area contributed by atoms with E-state index in [0.29, 0.717) is 19.4 Å². The van der Waals surface area contributed by atoms with Crippen molar-refractivity contribution in [3.63, 3.8) is 0 Å². The molecule has 0 radical (unpaired) electrons. The maximum Gasteiger partial charge on any atom is 0.261 e. The topological polar surface area (TPSA) is 49.3 Å². The summed E-state index contributed by atoms with van der Waals surface area (Å²) in [6.07, 6.45) is 2.24. The number of nitrogens with one attached hydrogen (secondary N) is 1. The van der Waals surface area contributed by atoms with Crippen LogP contribution in [0.5, 0.6) is 0 Å². The predicted molar refractivity (Wildman–Crippen MR) is 71.6 cm³/mol. The SMILES string of the molecule is CCc1ccc(C(=O)NCC(O)(CC)CC)s1. The summed E-state index contributed by atoms with van der Waals surface area (Å²) in [5, 5.41) is 12.9. The molecule has 0 saturated heterocycles. The van der Waals surface area contributed by atoms with Crippen LogP contribution >= 0.6 is 11.3 Å². The van der Waals surface area contributed by atoms with Crippen molar-refractivity contribution in [3.8, 4) is 0 Å². The molecule has 0 saturated carbocycles. The van der Waals surface area contributed by atoms with Crippen LogP contribution in [0, 0.1) is 0 Å². The Morgan fingerprint density at radius 2 is 2.00 bits per heavy atom. The van der Waals surface area contributed by atoms with Crippen molar-refractivity contribution in [2.24, 2.45) is 0 Å². The summed E-state index contributed by atoms with van der Waals surface area (Å²) < 4.78 is 0. The molecule has 0 atom stereocenters. The van der Waals surface area contributed by atoms with Gasteiger partial charge in [0.2, 0.25) is 0 Å². The molecule has 1 aromatic heterocycles. The molecular formula is C13H21NO2S. The van der Waals surface area contributed by atoms with Crippen molar-refractivity contribution >= 4 is 17.2 Å². The van der Waals surface area contributed by atoms with Crippen LogP contribution in [0.4, 0.5) is 0 Å². The van der Waals surface area contributed by atoms with E-state index < -0.39 is 5.60 Å². The van der Waals surface area contributed by atoms with Gasteiger partial charge in [0.1, 0.15) is 0 Å². The molecule has 0 aliphatic heterocycles. The van der Waals surface area contributed by atoms with Gasteiger partial charge in [-0.25, -0.2) is 0 Å². The highest BCUT2D eigenvalue weighted by atomic mass is 32.1. The van der Waals surface area contributed by atoms with Crippen LogP contribution in [0.15, 0.2) is 12.1 Å². The number of aliphatic hydroxyl groups is 1. The van der Waals surface area contributed by atoms with Gasteiger partial charge in [-0.2, -0.15) is 0 Å². The van der Waals surface area contributed by atoms with Gasteiger partial charge in [-0.15, -0.1) is 11.3 Å². The van der Waals surface area contributed by atoms with E-state index in [4.69, 9.17) is 0 Å². The molecule has 1 amide bonds. The lowest BCUT2D eigenvalue weighted by Gasteiger charge is -2.25. The number of aryl methyl sites for hydroxylation is 1. The Bertz CT molecular complexity index is 369. The van der Waals surface area contributed by atoms with E-state index in [1.807, 2.05) is 26.0 Å². The Morgan fingerprint density at radius 3 is 2.47 bits per heavy atom. The third-order valence-electron chi connectivity index (χ3n) is 3.13. The number of hydrogen-bond donors (Lipinski definition) is 2. The summed E-state index contributed by atoms with van der Waals surface area (Å²) >= 11 is 1.51. The highest BCUT2D eigenvalue weighted by molar-refractivity contribution is 7.14. The largest absolute Gasteiger partial charge is 0.388 e. The maximum absolute atomic E-state index is 11.8. The highest BCUT2D eigenvalue weighted by Gasteiger charge is 2.23. The van der Waals surface area contributed by atoms with Crippen LogP contribution in [-0.2, 0) is 6.42 Å². The normalized spacial score (nSPS) is 11.5. The van der Waals surface area contributed by atoms with Gasteiger partial charge in [0.25, 0.3) is 5.91 Å². The van der Waals surface area contributed by atoms with Crippen molar-refractivity contribution in [1.29, 1.82) is 0 Å². The van der Waals surface area contributed by atoms with Crippen LogP contribution in [0.3, 0.4) is 0 Å². The quantitative estimate of drug-likeness (QED) is 0.821. The van der Waals surface area contributed by atoms with Gasteiger partial charge >= 0.3 is 0 Å². The van der Waals surface area contributed by atoms with E-state index in [-0.39, 0.29) is 5.91 Å². The average Bonchev–Trinajstić information content (AvgIpc) is 2.84. The smallest absolute Gasteiger partial charge is 0.261 e. The van der Waals surface area contributed by atoms with Gasteiger partial charge in [0.05, 0.1) is 10.5 Å². The molecule has 1 aromatic rings. The summed E-state index contributed by atoms with van der Waals surface area (Å²) in [6, 6.07) is 3.82. The summed E-state index contributed by atoms with van der Waals surface area (Å²) in [7, 11) is 0. The molecule has 0 unspecified atom stereocenters. The van der Waals surface area contributed by atoms with Crippen LogP contribution in [0.1, 0.15) is 48.2 Å². The first kappa shape index (κ1) is 14.2. The lowest BCUT2D eigenvalue weighted by molar-refractivity contribution is 0.0314. The standard InChI is InChI=1S/C13H21NO2S/c1-4-10-7-8-11(17-10)12(15)14-9-13(16,5-2)6-3/h7-8,16H,4-6,9H2,1-3H3,(H,14,15). The lowest BCUT2D eigenvalue weighted by atomic mass is 9.98. The highest BCUT2D eigenvalue weighted by Crippen LogP contribution is 2.18. The first-order chi connectivity index (χ1) is 8.04. The Labute approximate surface area is 107 Å². The van der Waals surface area contributed by atoms with E-state index in [1.165, 1.54) is 16.2 Å². The Morgan fingerprint density at radius 1 is 1.35 bits per heavy atom. The lowest BCUT2D eigenvalue weighted by Crippen LogP contribution is -2.41. The van der Waals surface area contributed by atoms with Crippen LogP contribution in [0.25, 0.3) is 0 Å². The minimum absolute atomic E-state index is 0.0879. The first-order valence-corrected chi connectivity index (χ1v) is 6.95. The van der Waals surface area contributed by atoms with Gasteiger partial charge in [0.15, 0.2) is 0 Å². The fourth-order valence-electron chi connectivity index (χ4n) is 1.52. The molecule has 1 rings (SSSR count). The average molecular weight is 255 g/mol. The molecular weight excluding hydrogens is 234 g/mol. The molecule has 0 aliphatic carbocycles. The number of thiophene rings is 1. The van der Waals surface area contributed by atoms with E-state index in [0.717, 1.165) is 11.3 Å². The third-order valence-corrected chi connectivity index (χ3v) is 4.36. The molecule has 96 valence electrons. The van der Waals surface area contributed by atoms with E-state index in [2.05, 4.69) is 12.2 Å². The van der Waals surface area contributed by atoms with Gasteiger partial charge in [-0.3, -0.25) is 4.79 Å². The van der Waals surface area contributed by atoms with Crippen LogP contribution in [0.2, 0.25) is 0 Å².